The summed E-state index contributed by atoms with van der Waals surface area (Å²) in [5, 5.41) is 3.39. The minimum atomic E-state index is 0.116. The smallest absolute Gasteiger partial charge is 0.224 e. The van der Waals surface area contributed by atoms with Gasteiger partial charge in [-0.3, -0.25) is 9.69 Å². The van der Waals surface area contributed by atoms with E-state index >= 15 is 0 Å². The zero-order valence-corrected chi connectivity index (χ0v) is 15.7. The molecule has 1 N–H and O–H groups in total. The molecule has 144 valence electrons. The minimum absolute atomic E-state index is 0.116. The Labute approximate surface area is 156 Å². The van der Waals surface area contributed by atoms with Gasteiger partial charge < -0.3 is 19.7 Å². The molecule has 2 unspecified atom stereocenters. The maximum atomic E-state index is 13.1. The Hall–Kier alpha value is -1.47. The predicted molar refractivity (Wildman–Crippen MR) is 101 cm³/mol. The molecule has 2 heterocycles. The van der Waals surface area contributed by atoms with Crippen LogP contribution in [-0.4, -0.2) is 80.4 Å². The van der Waals surface area contributed by atoms with E-state index in [1.54, 1.807) is 0 Å². The number of benzene rings is 1. The Kier molecular flexibility index (Phi) is 7.43. The maximum Gasteiger partial charge on any atom is 0.224 e. The molecule has 0 bridgehead atoms. The molecule has 0 radical (unpaired) electrons. The van der Waals surface area contributed by atoms with Gasteiger partial charge in [0.1, 0.15) is 0 Å². The highest BCUT2D eigenvalue weighted by Gasteiger charge is 2.26. The fourth-order valence-corrected chi connectivity index (χ4v) is 3.60. The van der Waals surface area contributed by atoms with Crippen LogP contribution in [0, 0.1) is 0 Å². The van der Waals surface area contributed by atoms with Crippen LogP contribution in [0.15, 0.2) is 30.3 Å². The van der Waals surface area contributed by atoms with Crippen molar-refractivity contribution in [2.45, 2.75) is 32.0 Å². The SMILES string of the molecule is CC(CN1CCOCC1)N(Cc1ccccc1)C(=O)CC1COCCN1. The lowest BCUT2D eigenvalue weighted by molar-refractivity contribution is -0.135. The van der Waals surface area contributed by atoms with Crippen LogP contribution in [0.4, 0.5) is 0 Å². The van der Waals surface area contributed by atoms with Gasteiger partial charge in [-0.05, 0) is 12.5 Å². The van der Waals surface area contributed by atoms with Gasteiger partial charge in [-0.15, -0.1) is 0 Å². The first kappa shape index (κ1) is 19.3. The Morgan fingerprint density at radius 2 is 2.00 bits per heavy atom. The Balaban J connectivity index is 1.64. The van der Waals surface area contributed by atoms with Crippen LogP contribution in [0.3, 0.4) is 0 Å². The van der Waals surface area contributed by atoms with E-state index in [4.69, 9.17) is 9.47 Å². The van der Waals surface area contributed by atoms with Crippen LogP contribution in [0.1, 0.15) is 18.9 Å². The van der Waals surface area contributed by atoms with Gasteiger partial charge >= 0.3 is 0 Å². The first-order chi connectivity index (χ1) is 12.7. The molecule has 2 atom stereocenters. The van der Waals surface area contributed by atoms with Crippen molar-refractivity contribution in [3.05, 3.63) is 35.9 Å². The van der Waals surface area contributed by atoms with Crippen molar-refractivity contribution in [2.24, 2.45) is 0 Å². The van der Waals surface area contributed by atoms with Crippen molar-refractivity contribution >= 4 is 5.91 Å². The molecule has 0 spiro atoms. The van der Waals surface area contributed by atoms with Crippen LogP contribution < -0.4 is 5.32 Å². The van der Waals surface area contributed by atoms with E-state index < -0.39 is 0 Å². The summed E-state index contributed by atoms with van der Waals surface area (Å²) in [6.07, 6.45) is 0.486. The third kappa shape index (κ3) is 5.77. The monoisotopic (exact) mass is 361 g/mol. The molecule has 6 heteroatoms. The summed E-state index contributed by atoms with van der Waals surface area (Å²) in [5.74, 6) is 0.192. The topological polar surface area (TPSA) is 54.0 Å². The van der Waals surface area contributed by atoms with Crippen molar-refractivity contribution in [1.29, 1.82) is 0 Å². The van der Waals surface area contributed by atoms with Crippen molar-refractivity contribution in [3.8, 4) is 0 Å². The molecule has 2 fully saturated rings. The van der Waals surface area contributed by atoms with Gasteiger partial charge in [0.15, 0.2) is 0 Å². The van der Waals surface area contributed by atoms with E-state index in [9.17, 15) is 4.79 Å². The van der Waals surface area contributed by atoms with E-state index in [0.29, 0.717) is 19.6 Å². The van der Waals surface area contributed by atoms with Gasteiger partial charge in [-0.25, -0.2) is 0 Å². The summed E-state index contributed by atoms with van der Waals surface area (Å²) < 4.78 is 10.9. The number of carbonyl (C=O) groups excluding carboxylic acids is 1. The first-order valence-electron chi connectivity index (χ1n) is 9.67. The first-order valence-corrected chi connectivity index (χ1v) is 9.67. The molecule has 0 aliphatic carbocycles. The Bertz CT molecular complexity index is 542. The van der Waals surface area contributed by atoms with Gasteiger partial charge in [0.05, 0.1) is 26.4 Å². The number of nitrogens with one attached hydrogen (secondary N) is 1. The van der Waals surface area contributed by atoms with Crippen LogP contribution in [0.2, 0.25) is 0 Å². The highest BCUT2D eigenvalue weighted by molar-refractivity contribution is 5.77. The van der Waals surface area contributed by atoms with Gasteiger partial charge in [0.2, 0.25) is 5.91 Å². The molecule has 2 aliphatic rings. The second-order valence-corrected chi connectivity index (χ2v) is 7.20. The van der Waals surface area contributed by atoms with Crippen LogP contribution >= 0.6 is 0 Å². The number of hydrogen-bond donors (Lipinski definition) is 1. The highest BCUT2D eigenvalue weighted by atomic mass is 16.5. The lowest BCUT2D eigenvalue weighted by Crippen LogP contribution is -2.50. The largest absolute Gasteiger partial charge is 0.379 e. The number of carbonyl (C=O) groups is 1. The van der Waals surface area contributed by atoms with E-state index in [1.165, 1.54) is 5.56 Å². The van der Waals surface area contributed by atoms with Crippen LogP contribution in [0.5, 0.6) is 0 Å². The Morgan fingerprint density at radius 1 is 1.23 bits per heavy atom. The van der Waals surface area contributed by atoms with E-state index in [-0.39, 0.29) is 18.0 Å². The number of amides is 1. The van der Waals surface area contributed by atoms with E-state index in [2.05, 4.69) is 29.3 Å². The van der Waals surface area contributed by atoms with Gasteiger partial charge in [0.25, 0.3) is 0 Å². The lowest BCUT2D eigenvalue weighted by Gasteiger charge is -2.36. The van der Waals surface area contributed by atoms with E-state index in [1.807, 2.05) is 23.1 Å². The average molecular weight is 361 g/mol. The third-order valence-corrected chi connectivity index (χ3v) is 5.09. The molecule has 26 heavy (non-hydrogen) atoms. The van der Waals surface area contributed by atoms with Gasteiger partial charge in [-0.2, -0.15) is 0 Å². The van der Waals surface area contributed by atoms with Gasteiger partial charge in [0, 0.05) is 51.2 Å². The molecule has 1 amide bonds. The third-order valence-electron chi connectivity index (χ3n) is 5.09. The van der Waals surface area contributed by atoms with Gasteiger partial charge in [-0.1, -0.05) is 30.3 Å². The van der Waals surface area contributed by atoms with Crippen molar-refractivity contribution in [2.75, 3.05) is 52.6 Å². The molecule has 1 aromatic carbocycles. The fraction of sp³-hybridized carbons (Fsp3) is 0.650. The highest BCUT2D eigenvalue weighted by Crippen LogP contribution is 2.14. The van der Waals surface area contributed by atoms with E-state index in [0.717, 1.165) is 46.0 Å². The van der Waals surface area contributed by atoms with Crippen molar-refractivity contribution in [1.82, 2.24) is 15.1 Å². The van der Waals surface area contributed by atoms with Crippen LogP contribution in [-0.2, 0) is 20.8 Å². The zero-order valence-electron chi connectivity index (χ0n) is 15.7. The molecule has 2 aliphatic heterocycles. The quantitative estimate of drug-likeness (QED) is 0.789. The molecular formula is C20H31N3O3. The average Bonchev–Trinajstić information content (AvgIpc) is 2.68. The normalized spacial score (nSPS) is 22.7. The fourth-order valence-electron chi connectivity index (χ4n) is 3.60. The second kappa shape index (κ2) is 10.0. The number of morpholine rings is 2. The summed E-state index contributed by atoms with van der Waals surface area (Å²) in [7, 11) is 0. The molecule has 1 aromatic rings. The summed E-state index contributed by atoms with van der Waals surface area (Å²) in [5.41, 5.74) is 1.17. The summed E-state index contributed by atoms with van der Waals surface area (Å²) in [4.78, 5) is 17.5. The zero-order chi connectivity index (χ0) is 18.2. The molecule has 0 aromatic heterocycles. The number of rotatable bonds is 7. The summed E-state index contributed by atoms with van der Waals surface area (Å²) >= 11 is 0. The molecular weight excluding hydrogens is 330 g/mol. The molecule has 6 nitrogen and oxygen atoms in total. The van der Waals surface area contributed by atoms with Crippen molar-refractivity contribution in [3.63, 3.8) is 0 Å². The summed E-state index contributed by atoms with van der Waals surface area (Å²) in [6.45, 7) is 9.29. The Morgan fingerprint density at radius 3 is 2.69 bits per heavy atom. The standard InChI is InChI=1S/C20H31N3O3/c1-17(14-22-8-11-25-12-9-22)23(15-18-5-3-2-4-6-18)20(24)13-19-16-26-10-7-21-19/h2-6,17,19,21H,7-16H2,1H3. The second-order valence-electron chi connectivity index (χ2n) is 7.20. The van der Waals surface area contributed by atoms with Crippen molar-refractivity contribution < 1.29 is 14.3 Å². The maximum absolute atomic E-state index is 13.1. The minimum Gasteiger partial charge on any atom is -0.379 e. The number of ether oxygens (including phenoxy) is 2. The summed E-state index contributed by atoms with van der Waals surface area (Å²) in [6, 6.07) is 10.5. The molecule has 2 saturated heterocycles. The number of nitrogens with zero attached hydrogens (tertiary/aromatic N) is 2. The predicted octanol–water partition coefficient (Wildman–Crippen LogP) is 1.11. The molecule has 3 rings (SSSR count). The molecule has 0 saturated carbocycles. The lowest BCUT2D eigenvalue weighted by atomic mass is 10.1. The number of hydrogen-bond acceptors (Lipinski definition) is 5. The van der Waals surface area contributed by atoms with Crippen LogP contribution in [0.25, 0.3) is 0 Å².